The Kier molecular flexibility index (Phi) is 3.59. The average Bonchev–Trinajstić information content (AvgIpc) is 2.87. The largest absolute Gasteiger partial charge is 0.368 e. The normalized spacial score (nSPS) is 31.1. The molecule has 2 atom stereocenters. The van der Waals surface area contributed by atoms with Crippen molar-refractivity contribution in [1.82, 2.24) is 10.2 Å². The van der Waals surface area contributed by atoms with Crippen molar-refractivity contribution in [1.29, 1.82) is 0 Å². The molecule has 0 saturated carbocycles. The number of likely N-dealkylation sites (tertiary alicyclic amines) is 1. The van der Waals surface area contributed by atoms with E-state index in [1.165, 1.54) is 0 Å². The van der Waals surface area contributed by atoms with Crippen LogP contribution in [0.25, 0.3) is 0 Å². The predicted octanol–water partition coefficient (Wildman–Crippen LogP) is 0.233. The molecule has 4 nitrogen and oxygen atoms in total. The molecule has 2 saturated heterocycles. The van der Waals surface area contributed by atoms with Gasteiger partial charge in [0.2, 0.25) is 0 Å². The Balaban J connectivity index is 1.81. The van der Waals surface area contributed by atoms with Gasteiger partial charge in [-0.05, 0) is 38.8 Å². The molecule has 15 heavy (non-hydrogen) atoms. The molecular weight excluding hydrogens is 192 g/mol. The van der Waals surface area contributed by atoms with Crippen LogP contribution in [-0.4, -0.2) is 50.2 Å². The molecule has 0 aliphatic carbocycles. The molecule has 1 amide bonds. The fraction of sp³-hybridized carbons (Fsp3) is 0.909. The third-order valence-corrected chi connectivity index (χ3v) is 3.30. The first-order valence-electron chi connectivity index (χ1n) is 5.86. The minimum Gasteiger partial charge on any atom is -0.368 e. The first-order chi connectivity index (χ1) is 7.31. The Labute approximate surface area is 91.0 Å². The number of nitrogens with one attached hydrogen (secondary N) is 1. The van der Waals surface area contributed by atoms with Crippen molar-refractivity contribution in [2.75, 3.05) is 33.3 Å². The molecule has 0 spiro atoms. The van der Waals surface area contributed by atoms with Crippen LogP contribution < -0.4 is 5.32 Å². The molecule has 0 aromatic rings. The van der Waals surface area contributed by atoms with E-state index in [1.807, 2.05) is 11.9 Å². The second-order valence-corrected chi connectivity index (χ2v) is 4.50. The number of hydrogen-bond donors (Lipinski definition) is 1. The van der Waals surface area contributed by atoms with Gasteiger partial charge in [0.1, 0.15) is 6.10 Å². The summed E-state index contributed by atoms with van der Waals surface area (Å²) in [6, 6.07) is 0. The smallest absolute Gasteiger partial charge is 0.251 e. The van der Waals surface area contributed by atoms with E-state index >= 15 is 0 Å². The molecule has 2 unspecified atom stereocenters. The highest BCUT2D eigenvalue weighted by atomic mass is 16.5. The van der Waals surface area contributed by atoms with Crippen LogP contribution in [0.3, 0.4) is 0 Å². The first-order valence-corrected chi connectivity index (χ1v) is 5.86. The zero-order valence-corrected chi connectivity index (χ0v) is 9.37. The van der Waals surface area contributed by atoms with E-state index in [1.54, 1.807) is 0 Å². The van der Waals surface area contributed by atoms with Gasteiger partial charge in [-0.3, -0.25) is 4.79 Å². The first kappa shape index (κ1) is 10.9. The monoisotopic (exact) mass is 212 g/mol. The highest BCUT2D eigenvalue weighted by molar-refractivity contribution is 5.81. The summed E-state index contributed by atoms with van der Waals surface area (Å²) >= 11 is 0. The highest BCUT2D eigenvalue weighted by Gasteiger charge is 2.32. The van der Waals surface area contributed by atoms with Crippen LogP contribution in [0, 0.1) is 5.92 Å². The summed E-state index contributed by atoms with van der Waals surface area (Å²) in [6.45, 7) is 3.57. The Morgan fingerprint density at radius 3 is 3.07 bits per heavy atom. The Morgan fingerprint density at radius 1 is 1.53 bits per heavy atom. The molecule has 2 rings (SSSR count). The summed E-state index contributed by atoms with van der Waals surface area (Å²) in [4.78, 5) is 13.9. The molecule has 86 valence electrons. The van der Waals surface area contributed by atoms with Gasteiger partial charge in [-0.1, -0.05) is 0 Å². The molecule has 2 heterocycles. The third-order valence-electron chi connectivity index (χ3n) is 3.30. The van der Waals surface area contributed by atoms with Crippen molar-refractivity contribution in [2.45, 2.75) is 25.4 Å². The van der Waals surface area contributed by atoms with Gasteiger partial charge in [0.25, 0.3) is 5.91 Å². The molecule has 0 aromatic heterocycles. The van der Waals surface area contributed by atoms with Gasteiger partial charge in [0.15, 0.2) is 0 Å². The molecule has 2 aliphatic heterocycles. The van der Waals surface area contributed by atoms with Crippen LogP contribution in [0.4, 0.5) is 0 Å². The number of carbonyl (C=O) groups is 1. The van der Waals surface area contributed by atoms with Gasteiger partial charge >= 0.3 is 0 Å². The van der Waals surface area contributed by atoms with E-state index in [9.17, 15) is 4.79 Å². The van der Waals surface area contributed by atoms with E-state index < -0.39 is 0 Å². The molecule has 4 heteroatoms. The van der Waals surface area contributed by atoms with Gasteiger partial charge in [-0.25, -0.2) is 0 Å². The van der Waals surface area contributed by atoms with Crippen LogP contribution in [0.1, 0.15) is 19.3 Å². The lowest BCUT2D eigenvalue weighted by Gasteiger charge is -2.20. The highest BCUT2D eigenvalue weighted by Crippen LogP contribution is 2.20. The average molecular weight is 212 g/mol. The summed E-state index contributed by atoms with van der Waals surface area (Å²) in [5.41, 5.74) is 0. The van der Waals surface area contributed by atoms with Gasteiger partial charge in [0.05, 0.1) is 0 Å². The van der Waals surface area contributed by atoms with Gasteiger partial charge < -0.3 is 15.0 Å². The molecule has 0 radical (unpaired) electrons. The van der Waals surface area contributed by atoms with Gasteiger partial charge in [-0.15, -0.1) is 0 Å². The number of carbonyl (C=O) groups excluding carboxylic acids is 1. The molecule has 2 fully saturated rings. The molecule has 2 aliphatic rings. The minimum absolute atomic E-state index is 0.140. The lowest BCUT2D eigenvalue weighted by Crippen LogP contribution is -2.37. The quantitative estimate of drug-likeness (QED) is 0.728. The predicted molar refractivity (Wildman–Crippen MR) is 57.6 cm³/mol. The number of nitrogens with zero attached hydrogens (tertiary/aromatic N) is 1. The van der Waals surface area contributed by atoms with Crippen LogP contribution in [-0.2, 0) is 9.53 Å². The maximum Gasteiger partial charge on any atom is 0.251 e. The number of rotatable bonds is 3. The number of amides is 1. The maximum absolute atomic E-state index is 12.0. The summed E-state index contributed by atoms with van der Waals surface area (Å²) < 4.78 is 5.42. The maximum atomic E-state index is 12.0. The second-order valence-electron chi connectivity index (χ2n) is 4.50. The fourth-order valence-electron chi connectivity index (χ4n) is 2.46. The lowest BCUT2D eigenvalue weighted by atomic mass is 10.1. The summed E-state index contributed by atoms with van der Waals surface area (Å²) in [6.07, 6.45) is 2.92. The van der Waals surface area contributed by atoms with Crippen LogP contribution >= 0.6 is 0 Å². The zero-order chi connectivity index (χ0) is 10.7. The van der Waals surface area contributed by atoms with Gasteiger partial charge in [0, 0.05) is 19.7 Å². The van der Waals surface area contributed by atoms with Crippen molar-refractivity contribution < 1.29 is 9.53 Å². The fourth-order valence-corrected chi connectivity index (χ4v) is 2.46. The lowest BCUT2D eigenvalue weighted by molar-refractivity contribution is -0.139. The van der Waals surface area contributed by atoms with Gasteiger partial charge in [-0.2, -0.15) is 0 Å². The van der Waals surface area contributed by atoms with E-state index in [-0.39, 0.29) is 12.0 Å². The molecule has 0 bridgehead atoms. The summed E-state index contributed by atoms with van der Waals surface area (Å²) in [5.74, 6) is 0.839. The van der Waals surface area contributed by atoms with Crippen molar-refractivity contribution in [3.8, 4) is 0 Å². The molecule has 1 N–H and O–H groups in total. The van der Waals surface area contributed by atoms with Crippen LogP contribution in [0.15, 0.2) is 0 Å². The van der Waals surface area contributed by atoms with E-state index in [4.69, 9.17) is 4.74 Å². The molecular formula is C11H20N2O2. The van der Waals surface area contributed by atoms with Crippen molar-refractivity contribution in [2.24, 2.45) is 5.92 Å². The Bertz CT molecular complexity index is 227. The Morgan fingerprint density at radius 2 is 2.40 bits per heavy atom. The Hall–Kier alpha value is -0.610. The zero-order valence-electron chi connectivity index (χ0n) is 9.37. The van der Waals surface area contributed by atoms with E-state index in [0.29, 0.717) is 5.92 Å². The van der Waals surface area contributed by atoms with Crippen molar-refractivity contribution >= 4 is 5.91 Å². The van der Waals surface area contributed by atoms with E-state index in [2.05, 4.69) is 5.32 Å². The van der Waals surface area contributed by atoms with E-state index in [0.717, 1.165) is 45.5 Å². The van der Waals surface area contributed by atoms with Crippen molar-refractivity contribution in [3.05, 3.63) is 0 Å². The summed E-state index contributed by atoms with van der Waals surface area (Å²) in [5, 5.41) is 3.17. The van der Waals surface area contributed by atoms with Crippen molar-refractivity contribution in [3.63, 3.8) is 0 Å². The minimum atomic E-state index is -0.140. The summed E-state index contributed by atoms with van der Waals surface area (Å²) in [7, 11) is 1.96. The third kappa shape index (κ3) is 2.49. The van der Waals surface area contributed by atoms with Crippen LogP contribution in [0.5, 0.6) is 0 Å². The molecule has 0 aromatic carbocycles. The number of ether oxygens (including phenoxy) is 1. The van der Waals surface area contributed by atoms with Crippen LogP contribution in [0.2, 0.25) is 0 Å². The topological polar surface area (TPSA) is 41.6 Å². The SMILES string of the molecule is CNCC1CCN(C(=O)C2CCCO2)C1. The number of hydrogen-bond acceptors (Lipinski definition) is 3. The standard InChI is InChI=1S/C11H20N2O2/c1-12-7-9-4-5-13(8-9)11(14)10-3-2-6-15-10/h9-10,12H,2-8H2,1H3. The second kappa shape index (κ2) is 4.94.